The van der Waals surface area contributed by atoms with Crippen LogP contribution in [0.4, 0.5) is 10.1 Å². The van der Waals surface area contributed by atoms with Gasteiger partial charge in [0.15, 0.2) is 0 Å². The molecule has 0 bridgehead atoms. The summed E-state index contributed by atoms with van der Waals surface area (Å²) >= 11 is 0. The van der Waals surface area contributed by atoms with Crippen LogP contribution in [0.1, 0.15) is 36.4 Å². The molecule has 136 valence electrons. The standard InChI is InChI=1S/C21H23FN2O2/c22-17-4-1-3-16(13-17)20-5-2-10-24(20)11-12-26-18-7-8-19-15(14-18)6-9-21(25)23-19/h1,3-4,7-8,13-14,20H,2,5-6,9-12H2,(H,23,25)/t20-/m0/s1. The molecule has 2 aliphatic rings. The van der Waals surface area contributed by atoms with Crippen LogP contribution in [-0.2, 0) is 11.2 Å². The van der Waals surface area contributed by atoms with E-state index in [2.05, 4.69) is 10.2 Å². The Hall–Kier alpha value is -2.40. The largest absolute Gasteiger partial charge is 0.492 e. The van der Waals surface area contributed by atoms with Gasteiger partial charge in [-0.25, -0.2) is 4.39 Å². The Morgan fingerprint density at radius 3 is 3.00 bits per heavy atom. The van der Waals surface area contributed by atoms with Gasteiger partial charge in [0.1, 0.15) is 18.2 Å². The third-order valence-electron chi connectivity index (χ3n) is 5.22. The summed E-state index contributed by atoms with van der Waals surface area (Å²) < 4.78 is 19.5. The molecule has 2 heterocycles. The number of aryl methyl sites for hydroxylation is 1. The van der Waals surface area contributed by atoms with Crippen molar-refractivity contribution in [2.75, 3.05) is 25.0 Å². The zero-order chi connectivity index (χ0) is 17.9. The van der Waals surface area contributed by atoms with Gasteiger partial charge >= 0.3 is 0 Å². The van der Waals surface area contributed by atoms with Gasteiger partial charge in [0.25, 0.3) is 0 Å². The second kappa shape index (κ2) is 7.46. The number of nitrogens with one attached hydrogen (secondary N) is 1. The molecule has 4 rings (SSSR count). The van der Waals surface area contributed by atoms with E-state index in [1.807, 2.05) is 24.3 Å². The predicted molar refractivity (Wildman–Crippen MR) is 98.8 cm³/mol. The van der Waals surface area contributed by atoms with Crippen molar-refractivity contribution in [3.63, 3.8) is 0 Å². The van der Waals surface area contributed by atoms with Gasteiger partial charge in [-0.3, -0.25) is 9.69 Å². The third-order valence-corrected chi connectivity index (χ3v) is 5.22. The molecule has 1 N–H and O–H groups in total. The fraction of sp³-hybridized carbons (Fsp3) is 0.381. The first kappa shape index (κ1) is 17.0. The van der Waals surface area contributed by atoms with Crippen LogP contribution < -0.4 is 10.1 Å². The van der Waals surface area contributed by atoms with Gasteiger partial charge in [0.05, 0.1) is 0 Å². The van der Waals surface area contributed by atoms with Crippen molar-refractivity contribution in [3.05, 3.63) is 59.4 Å². The minimum atomic E-state index is -0.174. The number of halogens is 1. The lowest BCUT2D eigenvalue weighted by molar-refractivity contribution is -0.116. The van der Waals surface area contributed by atoms with Gasteiger partial charge in [0.2, 0.25) is 5.91 Å². The molecule has 0 spiro atoms. The number of anilines is 1. The van der Waals surface area contributed by atoms with E-state index in [1.165, 1.54) is 6.07 Å². The number of nitrogens with zero attached hydrogens (tertiary/aromatic N) is 1. The molecule has 0 unspecified atom stereocenters. The molecule has 26 heavy (non-hydrogen) atoms. The highest BCUT2D eigenvalue weighted by Crippen LogP contribution is 2.32. The second-order valence-electron chi connectivity index (χ2n) is 6.96. The zero-order valence-electron chi connectivity index (χ0n) is 14.7. The Balaban J connectivity index is 1.35. The Morgan fingerprint density at radius 1 is 1.19 bits per heavy atom. The minimum Gasteiger partial charge on any atom is -0.492 e. The van der Waals surface area contributed by atoms with Crippen LogP contribution >= 0.6 is 0 Å². The molecule has 0 saturated carbocycles. The number of rotatable bonds is 5. The summed E-state index contributed by atoms with van der Waals surface area (Å²) in [5, 5.41) is 2.88. The lowest BCUT2D eigenvalue weighted by Gasteiger charge is -2.25. The Kier molecular flexibility index (Phi) is 4.89. The molecule has 1 fully saturated rings. The van der Waals surface area contributed by atoms with Crippen molar-refractivity contribution in [3.8, 4) is 5.75 Å². The highest BCUT2D eigenvalue weighted by Gasteiger charge is 2.26. The zero-order valence-corrected chi connectivity index (χ0v) is 14.7. The number of carbonyl (C=O) groups excluding carboxylic acids is 1. The van der Waals surface area contributed by atoms with Crippen LogP contribution in [-0.4, -0.2) is 30.5 Å². The van der Waals surface area contributed by atoms with Gasteiger partial charge in [-0.2, -0.15) is 0 Å². The summed E-state index contributed by atoms with van der Waals surface area (Å²) in [6.45, 7) is 2.42. The molecule has 4 nitrogen and oxygen atoms in total. The number of benzene rings is 2. The Bertz CT molecular complexity index is 808. The van der Waals surface area contributed by atoms with E-state index in [9.17, 15) is 9.18 Å². The monoisotopic (exact) mass is 354 g/mol. The van der Waals surface area contributed by atoms with Crippen molar-refractivity contribution >= 4 is 11.6 Å². The van der Waals surface area contributed by atoms with Gasteiger partial charge in [0, 0.05) is 24.7 Å². The first-order valence-electron chi connectivity index (χ1n) is 9.24. The molecule has 5 heteroatoms. The number of carbonyl (C=O) groups is 1. The molecule has 0 aliphatic carbocycles. The van der Waals surface area contributed by atoms with E-state index < -0.39 is 0 Å². The van der Waals surface area contributed by atoms with Crippen LogP contribution in [0, 0.1) is 5.82 Å². The van der Waals surface area contributed by atoms with Crippen LogP contribution in [0.25, 0.3) is 0 Å². The summed E-state index contributed by atoms with van der Waals surface area (Å²) in [5.74, 6) is 0.733. The Labute approximate surface area is 153 Å². The fourth-order valence-corrected chi connectivity index (χ4v) is 3.92. The molecular formula is C21H23FN2O2. The third kappa shape index (κ3) is 3.73. The van der Waals surface area contributed by atoms with E-state index in [1.54, 1.807) is 12.1 Å². The lowest BCUT2D eigenvalue weighted by Crippen LogP contribution is -2.28. The van der Waals surface area contributed by atoms with Crippen molar-refractivity contribution in [1.82, 2.24) is 4.90 Å². The van der Waals surface area contributed by atoms with Crippen LogP contribution in [0.3, 0.4) is 0 Å². The fourth-order valence-electron chi connectivity index (χ4n) is 3.92. The first-order chi connectivity index (χ1) is 12.7. The molecule has 2 aromatic rings. The molecule has 2 aromatic carbocycles. The minimum absolute atomic E-state index is 0.0728. The molecule has 0 radical (unpaired) electrons. The van der Waals surface area contributed by atoms with Gasteiger partial charge in [-0.05, 0) is 67.3 Å². The maximum Gasteiger partial charge on any atom is 0.224 e. The normalized spacial score (nSPS) is 19.9. The van der Waals surface area contributed by atoms with E-state index in [4.69, 9.17) is 4.74 Å². The molecular weight excluding hydrogens is 331 g/mol. The smallest absolute Gasteiger partial charge is 0.224 e. The maximum atomic E-state index is 13.5. The van der Waals surface area contributed by atoms with E-state index in [-0.39, 0.29) is 17.8 Å². The molecule has 1 saturated heterocycles. The summed E-state index contributed by atoms with van der Waals surface area (Å²) in [4.78, 5) is 13.8. The summed E-state index contributed by atoms with van der Waals surface area (Å²) in [5.41, 5.74) is 3.06. The summed E-state index contributed by atoms with van der Waals surface area (Å²) in [6.07, 6.45) is 3.47. The molecule has 2 aliphatic heterocycles. The van der Waals surface area contributed by atoms with Crippen molar-refractivity contribution < 1.29 is 13.9 Å². The van der Waals surface area contributed by atoms with Crippen LogP contribution in [0.15, 0.2) is 42.5 Å². The quantitative estimate of drug-likeness (QED) is 0.885. The number of hydrogen-bond donors (Lipinski definition) is 1. The van der Waals surface area contributed by atoms with Crippen molar-refractivity contribution in [1.29, 1.82) is 0 Å². The molecule has 1 amide bonds. The number of amides is 1. The highest BCUT2D eigenvalue weighted by molar-refractivity contribution is 5.93. The maximum absolute atomic E-state index is 13.5. The molecule has 1 atom stereocenters. The van der Waals surface area contributed by atoms with E-state index in [0.29, 0.717) is 13.0 Å². The predicted octanol–water partition coefficient (Wildman–Crippen LogP) is 3.93. The number of likely N-dealkylation sites (tertiary alicyclic amines) is 1. The van der Waals surface area contributed by atoms with Gasteiger partial charge < -0.3 is 10.1 Å². The van der Waals surface area contributed by atoms with Crippen LogP contribution in [0.2, 0.25) is 0 Å². The van der Waals surface area contributed by atoms with Crippen molar-refractivity contribution in [2.45, 2.75) is 31.7 Å². The second-order valence-corrected chi connectivity index (χ2v) is 6.96. The molecule has 0 aromatic heterocycles. The average Bonchev–Trinajstić information content (AvgIpc) is 3.10. The van der Waals surface area contributed by atoms with Gasteiger partial charge in [-0.15, -0.1) is 0 Å². The summed E-state index contributed by atoms with van der Waals surface area (Å²) in [7, 11) is 0. The number of hydrogen-bond acceptors (Lipinski definition) is 3. The summed E-state index contributed by atoms with van der Waals surface area (Å²) in [6, 6.07) is 13.0. The van der Waals surface area contributed by atoms with E-state index in [0.717, 1.165) is 54.9 Å². The van der Waals surface area contributed by atoms with Gasteiger partial charge in [-0.1, -0.05) is 12.1 Å². The number of fused-ring (bicyclic) bond motifs is 1. The first-order valence-corrected chi connectivity index (χ1v) is 9.24. The lowest BCUT2D eigenvalue weighted by atomic mass is 10.0. The average molecular weight is 354 g/mol. The SMILES string of the molecule is O=C1CCc2cc(OCCN3CCC[C@H]3c3cccc(F)c3)ccc2N1. The van der Waals surface area contributed by atoms with E-state index >= 15 is 0 Å². The topological polar surface area (TPSA) is 41.6 Å². The van der Waals surface area contributed by atoms with Crippen LogP contribution in [0.5, 0.6) is 5.75 Å². The Morgan fingerprint density at radius 2 is 2.12 bits per heavy atom. The number of ether oxygens (including phenoxy) is 1. The van der Waals surface area contributed by atoms with Crippen molar-refractivity contribution in [2.24, 2.45) is 0 Å². The highest BCUT2D eigenvalue weighted by atomic mass is 19.1.